The number of imidazole rings is 1. The number of anilines is 1. The van der Waals surface area contributed by atoms with Gasteiger partial charge in [-0.15, -0.1) is 0 Å². The Balaban J connectivity index is 2.68. The minimum Gasteiger partial charge on any atom is -0.383 e. The Hall–Kier alpha value is -1.77. The van der Waals surface area contributed by atoms with Crippen molar-refractivity contribution >= 4 is 5.82 Å². The second-order valence-corrected chi connectivity index (χ2v) is 7.18. The van der Waals surface area contributed by atoms with Gasteiger partial charge in [-0.3, -0.25) is 0 Å². The molecule has 0 saturated carbocycles. The van der Waals surface area contributed by atoms with Crippen LogP contribution in [0.4, 0.5) is 5.82 Å². The molecule has 2 N–H and O–H groups in total. The van der Waals surface area contributed by atoms with Crippen molar-refractivity contribution in [2.75, 3.05) is 5.73 Å². The fourth-order valence-corrected chi connectivity index (χ4v) is 2.60. The molecule has 114 valence electrons. The number of aryl methyl sites for hydroxylation is 2. The number of benzene rings is 1. The van der Waals surface area contributed by atoms with Crippen LogP contribution in [0.5, 0.6) is 0 Å². The highest BCUT2D eigenvalue weighted by Crippen LogP contribution is 2.34. The Labute approximate surface area is 128 Å². The van der Waals surface area contributed by atoms with E-state index in [1.807, 2.05) is 0 Å². The lowest BCUT2D eigenvalue weighted by Crippen LogP contribution is -2.21. The molecule has 0 aliphatic heterocycles. The van der Waals surface area contributed by atoms with Crippen LogP contribution in [-0.2, 0) is 5.41 Å². The molecule has 3 heteroatoms. The molecule has 1 heterocycles. The van der Waals surface area contributed by atoms with Gasteiger partial charge in [-0.2, -0.15) is 0 Å². The van der Waals surface area contributed by atoms with Crippen molar-refractivity contribution in [1.29, 1.82) is 0 Å². The third-order valence-electron chi connectivity index (χ3n) is 3.92. The maximum atomic E-state index is 6.42. The van der Waals surface area contributed by atoms with Crippen LogP contribution in [-0.4, -0.2) is 9.55 Å². The van der Waals surface area contributed by atoms with Crippen molar-refractivity contribution in [3.8, 4) is 11.3 Å². The Bertz CT molecular complexity index is 658. The SMILES string of the molecule is Cc1ccc(-c2nc(C(C)(C)C)n(C(C)C)c2N)cc1C. The summed E-state index contributed by atoms with van der Waals surface area (Å²) < 4.78 is 2.16. The molecule has 0 bridgehead atoms. The first-order valence-corrected chi connectivity index (χ1v) is 7.58. The summed E-state index contributed by atoms with van der Waals surface area (Å²) in [6, 6.07) is 6.71. The predicted molar refractivity (Wildman–Crippen MR) is 90.6 cm³/mol. The highest BCUT2D eigenvalue weighted by molar-refractivity contribution is 5.72. The van der Waals surface area contributed by atoms with Gasteiger partial charge in [0.05, 0.1) is 0 Å². The van der Waals surface area contributed by atoms with Gasteiger partial charge in [-0.25, -0.2) is 4.98 Å². The van der Waals surface area contributed by atoms with Gasteiger partial charge in [0.1, 0.15) is 17.3 Å². The van der Waals surface area contributed by atoms with E-state index >= 15 is 0 Å². The molecule has 1 aromatic heterocycles. The Morgan fingerprint density at radius 1 is 1.10 bits per heavy atom. The Morgan fingerprint density at radius 3 is 2.14 bits per heavy atom. The van der Waals surface area contributed by atoms with Gasteiger partial charge in [0.2, 0.25) is 0 Å². The average molecular weight is 285 g/mol. The van der Waals surface area contributed by atoms with E-state index in [1.54, 1.807) is 0 Å². The van der Waals surface area contributed by atoms with Crippen molar-refractivity contribution in [3.63, 3.8) is 0 Å². The standard InChI is InChI=1S/C18H27N3/c1-11(2)21-16(19)15(20-17(21)18(5,6)7)14-9-8-12(3)13(4)10-14/h8-11H,19H2,1-7H3. The maximum Gasteiger partial charge on any atom is 0.131 e. The fourth-order valence-electron chi connectivity index (χ4n) is 2.60. The summed E-state index contributed by atoms with van der Waals surface area (Å²) in [5.74, 6) is 1.81. The molecule has 0 unspecified atom stereocenters. The zero-order chi connectivity index (χ0) is 15.9. The Morgan fingerprint density at radius 2 is 1.71 bits per heavy atom. The molecular formula is C18H27N3. The maximum absolute atomic E-state index is 6.42. The van der Waals surface area contributed by atoms with Crippen LogP contribution in [0, 0.1) is 13.8 Å². The zero-order valence-electron chi connectivity index (χ0n) is 14.3. The molecule has 0 aliphatic rings. The van der Waals surface area contributed by atoms with Crippen molar-refractivity contribution in [3.05, 3.63) is 35.2 Å². The van der Waals surface area contributed by atoms with Crippen LogP contribution in [0.3, 0.4) is 0 Å². The van der Waals surface area contributed by atoms with E-state index in [9.17, 15) is 0 Å². The summed E-state index contributed by atoms with van der Waals surface area (Å²) in [6.45, 7) is 15.1. The first-order valence-electron chi connectivity index (χ1n) is 7.58. The smallest absolute Gasteiger partial charge is 0.131 e. The summed E-state index contributed by atoms with van der Waals surface area (Å²) >= 11 is 0. The number of nitrogens with two attached hydrogens (primary N) is 1. The lowest BCUT2D eigenvalue weighted by Gasteiger charge is -2.22. The molecule has 0 saturated heterocycles. The molecule has 0 atom stereocenters. The van der Waals surface area contributed by atoms with E-state index in [-0.39, 0.29) is 5.41 Å². The van der Waals surface area contributed by atoms with Gasteiger partial charge in [0, 0.05) is 17.0 Å². The number of nitrogens with zero attached hydrogens (tertiary/aromatic N) is 2. The number of aromatic nitrogens is 2. The van der Waals surface area contributed by atoms with Gasteiger partial charge in [0.25, 0.3) is 0 Å². The summed E-state index contributed by atoms with van der Waals surface area (Å²) in [5, 5.41) is 0. The van der Waals surface area contributed by atoms with Crippen molar-refractivity contribution < 1.29 is 0 Å². The van der Waals surface area contributed by atoms with Gasteiger partial charge >= 0.3 is 0 Å². The third-order valence-corrected chi connectivity index (χ3v) is 3.92. The summed E-state index contributed by atoms with van der Waals surface area (Å²) in [6.07, 6.45) is 0. The van der Waals surface area contributed by atoms with Crippen molar-refractivity contribution in [1.82, 2.24) is 9.55 Å². The third kappa shape index (κ3) is 2.82. The molecule has 2 aromatic rings. The topological polar surface area (TPSA) is 43.8 Å². The molecular weight excluding hydrogens is 258 g/mol. The second kappa shape index (κ2) is 5.21. The predicted octanol–water partition coefficient (Wildman–Crippen LogP) is 4.63. The zero-order valence-corrected chi connectivity index (χ0v) is 14.3. The van der Waals surface area contributed by atoms with Crippen LogP contribution in [0.15, 0.2) is 18.2 Å². The summed E-state index contributed by atoms with van der Waals surface area (Å²) in [4.78, 5) is 4.88. The fraction of sp³-hybridized carbons (Fsp3) is 0.500. The molecule has 0 aliphatic carbocycles. The Kier molecular flexibility index (Phi) is 3.87. The van der Waals surface area contributed by atoms with E-state index in [4.69, 9.17) is 10.7 Å². The monoisotopic (exact) mass is 285 g/mol. The van der Waals surface area contributed by atoms with Crippen molar-refractivity contribution in [2.45, 2.75) is 59.9 Å². The largest absolute Gasteiger partial charge is 0.383 e. The lowest BCUT2D eigenvalue weighted by atomic mass is 9.95. The number of rotatable bonds is 2. The minimum atomic E-state index is -0.0314. The van der Waals surface area contributed by atoms with Crippen molar-refractivity contribution in [2.24, 2.45) is 0 Å². The number of nitrogen functional groups attached to an aromatic ring is 1. The van der Waals surface area contributed by atoms with E-state index < -0.39 is 0 Å². The molecule has 0 spiro atoms. The van der Waals surface area contributed by atoms with E-state index in [2.05, 4.69) is 71.2 Å². The van der Waals surface area contributed by atoms with Gasteiger partial charge in [-0.1, -0.05) is 32.9 Å². The lowest BCUT2D eigenvalue weighted by molar-refractivity contribution is 0.473. The summed E-state index contributed by atoms with van der Waals surface area (Å²) in [5.41, 5.74) is 10.9. The van der Waals surface area contributed by atoms with Gasteiger partial charge in [0.15, 0.2) is 0 Å². The molecule has 1 aromatic carbocycles. The quantitative estimate of drug-likeness (QED) is 0.874. The summed E-state index contributed by atoms with van der Waals surface area (Å²) in [7, 11) is 0. The molecule has 21 heavy (non-hydrogen) atoms. The van der Waals surface area contributed by atoms with Gasteiger partial charge < -0.3 is 10.3 Å². The highest BCUT2D eigenvalue weighted by atomic mass is 15.2. The van der Waals surface area contributed by atoms with Crippen LogP contribution in [0.1, 0.15) is 57.6 Å². The first-order chi connectivity index (χ1) is 9.62. The highest BCUT2D eigenvalue weighted by Gasteiger charge is 2.26. The van der Waals surface area contributed by atoms with Crippen LogP contribution < -0.4 is 5.73 Å². The molecule has 0 amide bonds. The van der Waals surface area contributed by atoms with E-state index in [1.165, 1.54) is 11.1 Å². The van der Waals surface area contributed by atoms with Crippen LogP contribution >= 0.6 is 0 Å². The van der Waals surface area contributed by atoms with E-state index in [0.717, 1.165) is 22.9 Å². The first kappa shape index (κ1) is 15.6. The molecule has 2 rings (SSSR count). The molecule has 0 radical (unpaired) electrons. The van der Waals surface area contributed by atoms with Crippen LogP contribution in [0.25, 0.3) is 11.3 Å². The molecule has 0 fully saturated rings. The second-order valence-electron chi connectivity index (χ2n) is 7.18. The average Bonchev–Trinajstić information content (AvgIpc) is 2.70. The van der Waals surface area contributed by atoms with Crippen LogP contribution in [0.2, 0.25) is 0 Å². The number of hydrogen-bond acceptors (Lipinski definition) is 2. The van der Waals surface area contributed by atoms with E-state index in [0.29, 0.717) is 6.04 Å². The minimum absolute atomic E-state index is 0.0314. The number of hydrogen-bond donors (Lipinski definition) is 1. The normalized spacial score (nSPS) is 12.2. The molecule has 3 nitrogen and oxygen atoms in total. The van der Waals surface area contributed by atoms with Gasteiger partial charge in [-0.05, 0) is 44.9 Å².